The van der Waals surface area contributed by atoms with Gasteiger partial charge >= 0.3 is 0 Å². The largest absolute Gasteiger partial charge is 0.333 e. The van der Waals surface area contributed by atoms with Crippen molar-refractivity contribution in [1.29, 1.82) is 0 Å². The third kappa shape index (κ3) is 2.79. The van der Waals surface area contributed by atoms with Crippen molar-refractivity contribution in [2.24, 2.45) is 0 Å². The van der Waals surface area contributed by atoms with Gasteiger partial charge in [-0.2, -0.15) is 0 Å². The van der Waals surface area contributed by atoms with Gasteiger partial charge in [0.15, 0.2) is 0 Å². The van der Waals surface area contributed by atoms with Gasteiger partial charge in [0, 0.05) is 25.7 Å². The molecule has 1 aromatic carbocycles. The van der Waals surface area contributed by atoms with Crippen LogP contribution in [0.5, 0.6) is 0 Å². The molecule has 1 aromatic rings. The van der Waals surface area contributed by atoms with E-state index in [4.69, 9.17) is 0 Å². The SMILES string of the molecule is CN(Cc1ccc2c(c1)CCC(=O)N2)C(=O)S. The van der Waals surface area contributed by atoms with E-state index in [9.17, 15) is 9.59 Å². The molecule has 17 heavy (non-hydrogen) atoms. The number of amides is 2. The Balaban J connectivity index is 2.16. The molecule has 1 aliphatic heterocycles. The number of rotatable bonds is 2. The van der Waals surface area contributed by atoms with E-state index in [1.165, 1.54) is 4.90 Å². The smallest absolute Gasteiger partial charge is 0.278 e. The highest BCUT2D eigenvalue weighted by Gasteiger charge is 2.15. The van der Waals surface area contributed by atoms with Crippen LogP contribution in [0.25, 0.3) is 0 Å². The molecule has 0 unspecified atom stereocenters. The zero-order valence-electron chi connectivity index (χ0n) is 9.56. The Hall–Kier alpha value is -1.49. The van der Waals surface area contributed by atoms with Crippen molar-refractivity contribution in [1.82, 2.24) is 4.90 Å². The highest BCUT2D eigenvalue weighted by atomic mass is 32.1. The number of fused-ring (bicyclic) bond motifs is 1. The molecule has 0 aliphatic carbocycles. The van der Waals surface area contributed by atoms with Crippen molar-refractivity contribution >= 4 is 29.5 Å². The van der Waals surface area contributed by atoms with Crippen molar-refractivity contribution < 1.29 is 9.59 Å². The molecule has 1 N–H and O–H groups in total. The highest BCUT2D eigenvalue weighted by molar-refractivity contribution is 7.96. The summed E-state index contributed by atoms with van der Waals surface area (Å²) in [5.41, 5.74) is 3.05. The van der Waals surface area contributed by atoms with Crippen LogP contribution in [-0.4, -0.2) is 23.1 Å². The molecule has 5 heteroatoms. The first-order valence-corrected chi connectivity index (χ1v) is 5.86. The van der Waals surface area contributed by atoms with E-state index in [1.807, 2.05) is 18.2 Å². The van der Waals surface area contributed by atoms with Crippen molar-refractivity contribution in [3.8, 4) is 0 Å². The van der Waals surface area contributed by atoms with E-state index in [0.29, 0.717) is 13.0 Å². The predicted molar refractivity (Wildman–Crippen MR) is 69.2 cm³/mol. The minimum Gasteiger partial charge on any atom is -0.333 e. The van der Waals surface area contributed by atoms with Crippen LogP contribution < -0.4 is 5.32 Å². The molecule has 0 spiro atoms. The summed E-state index contributed by atoms with van der Waals surface area (Å²) in [5.74, 6) is 0.0629. The summed E-state index contributed by atoms with van der Waals surface area (Å²) in [6, 6.07) is 5.83. The average Bonchev–Trinajstić information content (AvgIpc) is 2.29. The van der Waals surface area contributed by atoms with Gasteiger partial charge in [0.25, 0.3) is 5.24 Å². The quantitative estimate of drug-likeness (QED) is 0.789. The Morgan fingerprint density at radius 1 is 1.47 bits per heavy atom. The van der Waals surface area contributed by atoms with Gasteiger partial charge in [-0.3, -0.25) is 9.59 Å². The highest BCUT2D eigenvalue weighted by Crippen LogP contribution is 2.24. The fraction of sp³-hybridized carbons (Fsp3) is 0.333. The van der Waals surface area contributed by atoms with Crippen molar-refractivity contribution in [3.63, 3.8) is 0 Å². The van der Waals surface area contributed by atoms with Gasteiger partial charge in [0.2, 0.25) is 5.91 Å². The lowest BCUT2D eigenvalue weighted by Crippen LogP contribution is -2.22. The molecule has 0 saturated carbocycles. The van der Waals surface area contributed by atoms with Gasteiger partial charge in [0.1, 0.15) is 0 Å². The van der Waals surface area contributed by atoms with E-state index < -0.39 is 0 Å². The summed E-state index contributed by atoms with van der Waals surface area (Å²) in [5, 5.41) is 2.57. The summed E-state index contributed by atoms with van der Waals surface area (Å²) in [7, 11) is 1.70. The third-order valence-electron chi connectivity index (χ3n) is 2.81. The van der Waals surface area contributed by atoms with Gasteiger partial charge in [0.05, 0.1) is 0 Å². The molecule has 0 fully saturated rings. The number of thiol groups is 1. The summed E-state index contributed by atoms with van der Waals surface area (Å²) in [6.45, 7) is 0.531. The number of carbonyl (C=O) groups excluding carboxylic acids is 2. The molecular formula is C12H14N2O2S. The van der Waals surface area contributed by atoms with Crippen LogP contribution in [0.3, 0.4) is 0 Å². The lowest BCUT2D eigenvalue weighted by Gasteiger charge is -2.19. The fourth-order valence-electron chi connectivity index (χ4n) is 1.88. The second-order valence-corrected chi connectivity index (χ2v) is 4.56. The number of hydrogen-bond donors (Lipinski definition) is 2. The Morgan fingerprint density at radius 2 is 2.24 bits per heavy atom. The number of aryl methyl sites for hydroxylation is 1. The Bertz CT molecular complexity index is 474. The molecule has 0 aromatic heterocycles. The number of nitrogens with one attached hydrogen (secondary N) is 1. The monoisotopic (exact) mass is 250 g/mol. The second kappa shape index (κ2) is 4.79. The molecule has 1 aliphatic rings. The second-order valence-electron chi connectivity index (χ2n) is 4.18. The van der Waals surface area contributed by atoms with Crippen LogP contribution >= 0.6 is 12.6 Å². The number of nitrogens with zero attached hydrogens (tertiary/aromatic N) is 1. The summed E-state index contributed by atoms with van der Waals surface area (Å²) >= 11 is 3.76. The van der Waals surface area contributed by atoms with Gasteiger partial charge in [-0.05, 0) is 23.6 Å². The lowest BCUT2D eigenvalue weighted by atomic mass is 10.0. The average molecular weight is 250 g/mol. The zero-order chi connectivity index (χ0) is 12.4. The first-order chi connectivity index (χ1) is 8.06. The fourth-order valence-corrected chi connectivity index (χ4v) is 1.95. The van der Waals surface area contributed by atoms with Crippen LogP contribution in [0.1, 0.15) is 17.5 Å². The van der Waals surface area contributed by atoms with Crippen LogP contribution in [0.15, 0.2) is 18.2 Å². The van der Waals surface area contributed by atoms with Crippen molar-refractivity contribution in [2.45, 2.75) is 19.4 Å². The Kier molecular flexibility index (Phi) is 3.38. The topological polar surface area (TPSA) is 49.4 Å². The number of benzene rings is 1. The first-order valence-electron chi connectivity index (χ1n) is 5.42. The summed E-state index contributed by atoms with van der Waals surface area (Å²) < 4.78 is 0. The van der Waals surface area contributed by atoms with Crippen molar-refractivity contribution in [2.75, 3.05) is 12.4 Å². The molecule has 1 heterocycles. The summed E-state index contributed by atoms with van der Waals surface area (Å²) in [4.78, 5) is 23.8. The molecule has 90 valence electrons. The molecule has 2 rings (SSSR count). The van der Waals surface area contributed by atoms with Crippen LogP contribution in [0, 0.1) is 0 Å². The molecule has 2 amide bonds. The molecule has 0 saturated heterocycles. The number of carbonyl (C=O) groups is 2. The van der Waals surface area contributed by atoms with Gasteiger partial charge in [-0.1, -0.05) is 24.8 Å². The molecule has 0 bridgehead atoms. The van der Waals surface area contributed by atoms with E-state index in [1.54, 1.807) is 7.05 Å². The standard InChI is InChI=1S/C12H14N2O2S/c1-14(12(16)17)7-8-2-4-10-9(6-8)3-5-11(15)13-10/h2,4,6H,3,5,7H2,1H3,(H,13,15)(H,16,17). The van der Waals surface area contributed by atoms with Crippen LogP contribution in [0.2, 0.25) is 0 Å². The van der Waals surface area contributed by atoms with Gasteiger partial charge in [-0.15, -0.1) is 0 Å². The van der Waals surface area contributed by atoms with Crippen molar-refractivity contribution in [3.05, 3.63) is 29.3 Å². The van der Waals surface area contributed by atoms with E-state index in [0.717, 1.165) is 23.2 Å². The Labute approximate surface area is 105 Å². The van der Waals surface area contributed by atoms with Crippen LogP contribution in [-0.2, 0) is 17.8 Å². The van der Waals surface area contributed by atoms with E-state index in [-0.39, 0.29) is 11.1 Å². The number of hydrogen-bond acceptors (Lipinski definition) is 2. The van der Waals surface area contributed by atoms with Gasteiger partial charge < -0.3 is 10.2 Å². The number of anilines is 1. The maximum absolute atomic E-state index is 11.2. The molecular weight excluding hydrogens is 236 g/mol. The normalized spacial score (nSPS) is 13.9. The van der Waals surface area contributed by atoms with Gasteiger partial charge in [-0.25, -0.2) is 0 Å². The lowest BCUT2D eigenvalue weighted by molar-refractivity contribution is -0.116. The maximum atomic E-state index is 11.2. The first kappa shape index (κ1) is 12.0. The van der Waals surface area contributed by atoms with E-state index in [2.05, 4.69) is 17.9 Å². The minimum absolute atomic E-state index is 0.0629. The third-order valence-corrected chi connectivity index (χ3v) is 3.15. The molecule has 0 atom stereocenters. The summed E-state index contributed by atoms with van der Waals surface area (Å²) in [6.07, 6.45) is 1.28. The predicted octanol–water partition coefficient (Wildman–Crippen LogP) is 2.05. The molecule has 4 nitrogen and oxygen atoms in total. The maximum Gasteiger partial charge on any atom is 0.278 e. The van der Waals surface area contributed by atoms with E-state index >= 15 is 0 Å². The zero-order valence-corrected chi connectivity index (χ0v) is 10.5. The minimum atomic E-state index is -0.254. The molecule has 0 radical (unpaired) electrons. The Morgan fingerprint density at radius 3 is 2.94 bits per heavy atom. The van der Waals surface area contributed by atoms with Crippen LogP contribution in [0.4, 0.5) is 10.5 Å².